The minimum atomic E-state index is -0.688. The molecule has 1 saturated heterocycles. The standard InChI is InChI=1S/C16H26N2O2/c19-14(17-13-7-3-4-8-13)16(9-10-16)15(20)18-11-5-1-2-6-12-18/h13H,1-12H2,(H,17,19). The zero-order valence-electron chi connectivity index (χ0n) is 12.3. The Hall–Kier alpha value is -1.06. The van der Waals surface area contributed by atoms with Gasteiger partial charge in [0.05, 0.1) is 0 Å². The fraction of sp³-hybridized carbons (Fsp3) is 0.875. The number of rotatable bonds is 3. The smallest absolute Gasteiger partial charge is 0.238 e. The zero-order valence-corrected chi connectivity index (χ0v) is 12.3. The lowest BCUT2D eigenvalue weighted by Crippen LogP contribution is -2.47. The van der Waals surface area contributed by atoms with Gasteiger partial charge in [-0.2, -0.15) is 0 Å². The van der Waals surface area contributed by atoms with Crippen LogP contribution in [0.5, 0.6) is 0 Å². The molecule has 1 N–H and O–H groups in total. The van der Waals surface area contributed by atoms with Crippen molar-refractivity contribution in [3.8, 4) is 0 Å². The minimum Gasteiger partial charge on any atom is -0.352 e. The van der Waals surface area contributed by atoms with Crippen molar-refractivity contribution >= 4 is 11.8 Å². The number of nitrogens with one attached hydrogen (secondary N) is 1. The second-order valence-corrected chi connectivity index (χ2v) is 6.74. The van der Waals surface area contributed by atoms with Crippen LogP contribution in [0, 0.1) is 5.41 Å². The Morgan fingerprint density at radius 2 is 1.50 bits per heavy atom. The number of carbonyl (C=O) groups is 2. The van der Waals surface area contributed by atoms with E-state index in [1.807, 2.05) is 4.90 Å². The molecule has 0 unspecified atom stereocenters. The summed E-state index contributed by atoms with van der Waals surface area (Å²) in [5.41, 5.74) is -0.688. The molecule has 3 aliphatic rings. The number of carbonyl (C=O) groups excluding carboxylic acids is 2. The predicted octanol–water partition coefficient (Wildman–Crippen LogP) is 2.23. The summed E-state index contributed by atoms with van der Waals surface area (Å²) < 4.78 is 0. The maximum atomic E-state index is 12.7. The summed E-state index contributed by atoms with van der Waals surface area (Å²) in [7, 11) is 0. The molecule has 0 aromatic heterocycles. The first-order chi connectivity index (χ1) is 9.72. The molecule has 2 amide bonds. The molecule has 0 aromatic carbocycles. The SMILES string of the molecule is O=C(NC1CCCC1)C1(C(=O)N2CCCCCC2)CC1. The van der Waals surface area contributed by atoms with Crippen molar-refractivity contribution in [2.24, 2.45) is 5.41 Å². The van der Waals surface area contributed by atoms with Gasteiger partial charge in [-0.05, 0) is 38.5 Å². The summed E-state index contributed by atoms with van der Waals surface area (Å²) in [6.07, 6.45) is 10.7. The second-order valence-electron chi connectivity index (χ2n) is 6.74. The van der Waals surface area contributed by atoms with E-state index in [4.69, 9.17) is 0 Å². The van der Waals surface area contributed by atoms with Crippen molar-refractivity contribution in [3.05, 3.63) is 0 Å². The largest absolute Gasteiger partial charge is 0.352 e. The third-order valence-corrected chi connectivity index (χ3v) is 5.18. The van der Waals surface area contributed by atoms with E-state index in [2.05, 4.69) is 5.32 Å². The maximum Gasteiger partial charge on any atom is 0.238 e. The van der Waals surface area contributed by atoms with Crippen LogP contribution in [-0.4, -0.2) is 35.8 Å². The zero-order chi connectivity index (χ0) is 14.0. The number of nitrogens with zero attached hydrogens (tertiary/aromatic N) is 1. The third-order valence-electron chi connectivity index (χ3n) is 5.18. The highest BCUT2D eigenvalue weighted by molar-refractivity contribution is 6.08. The molecule has 0 atom stereocenters. The highest BCUT2D eigenvalue weighted by Crippen LogP contribution is 2.48. The Morgan fingerprint density at radius 3 is 2.05 bits per heavy atom. The van der Waals surface area contributed by atoms with Gasteiger partial charge in [-0.25, -0.2) is 0 Å². The molecule has 0 aromatic rings. The van der Waals surface area contributed by atoms with Gasteiger partial charge in [-0.15, -0.1) is 0 Å². The van der Waals surface area contributed by atoms with Crippen LogP contribution in [0.15, 0.2) is 0 Å². The van der Waals surface area contributed by atoms with Gasteiger partial charge >= 0.3 is 0 Å². The number of hydrogen-bond acceptors (Lipinski definition) is 2. The molecule has 0 radical (unpaired) electrons. The molecule has 2 aliphatic carbocycles. The molecule has 2 saturated carbocycles. The summed E-state index contributed by atoms with van der Waals surface area (Å²) in [6.45, 7) is 1.69. The Balaban J connectivity index is 1.61. The lowest BCUT2D eigenvalue weighted by atomic mass is 10.0. The highest BCUT2D eigenvalue weighted by atomic mass is 16.2. The maximum absolute atomic E-state index is 12.7. The van der Waals surface area contributed by atoms with E-state index in [1.165, 1.54) is 25.7 Å². The molecule has 1 heterocycles. The van der Waals surface area contributed by atoms with Gasteiger partial charge < -0.3 is 10.2 Å². The van der Waals surface area contributed by atoms with E-state index in [1.54, 1.807) is 0 Å². The average molecular weight is 278 g/mol. The number of likely N-dealkylation sites (tertiary alicyclic amines) is 1. The van der Waals surface area contributed by atoms with E-state index in [0.29, 0.717) is 6.04 Å². The second kappa shape index (κ2) is 5.74. The normalized spacial score (nSPS) is 26.1. The van der Waals surface area contributed by atoms with Crippen LogP contribution in [-0.2, 0) is 9.59 Å². The Morgan fingerprint density at radius 1 is 0.900 bits per heavy atom. The average Bonchev–Trinajstić information content (AvgIpc) is 3.19. The van der Waals surface area contributed by atoms with Crippen LogP contribution >= 0.6 is 0 Å². The Bertz CT molecular complexity index is 376. The first kappa shape index (κ1) is 13.9. The van der Waals surface area contributed by atoms with Crippen LogP contribution in [0.25, 0.3) is 0 Å². The molecule has 3 rings (SSSR count). The van der Waals surface area contributed by atoms with E-state index < -0.39 is 5.41 Å². The summed E-state index contributed by atoms with van der Waals surface area (Å²) in [5, 5.41) is 3.13. The van der Waals surface area contributed by atoms with Crippen LogP contribution < -0.4 is 5.32 Å². The molecule has 4 heteroatoms. The van der Waals surface area contributed by atoms with E-state index in [0.717, 1.165) is 51.6 Å². The summed E-state index contributed by atoms with van der Waals surface area (Å²) in [6, 6.07) is 0.317. The first-order valence-corrected chi connectivity index (χ1v) is 8.33. The fourth-order valence-electron chi connectivity index (χ4n) is 3.63. The van der Waals surface area contributed by atoms with Crippen LogP contribution in [0.1, 0.15) is 64.2 Å². The van der Waals surface area contributed by atoms with Gasteiger partial charge in [0.15, 0.2) is 0 Å². The molecule has 1 aliphatic heterocycles. The topological polar surface area (TPSA) is 49.4 Å². The quantitative estimate of drug-likeness (QED) is 0.805. The number of amides is 2. The Kier molecular flexibility index (Phi) is 3.99. The predicted molar refractivity (Wildman–Crippen MR) is 77.1 cm³/mol. The van der Waals surface area contributed by atoms with Gasteiger partial charge in [0.1, 0.15) is 5.41 Å². The van der Waals surface area contributed by atoms with Crippen molar-refractivity contribution in [2.45, 2.75) is 70.3 Å². The summed E-state index contributed by atoms with van der Waals surface area (Å²) in [4.78, 5) is 27.2. The highest BCUT2D eigenvalue weighted by Gasteiger charge is 2.58. The van der Waals surface area contributed by atoms with Gasteiger partial charge in [-0.1, -0.05) is 25.7 Å². The minimum absolute atomic E-state index is 0.0126. The first-order valence-electron chi connectivity index (χ1n) is 8.33. The lowest BCUT2D eigenvalue weighted by molar-refractivity contribution is -0.144. The van der Waals surface area contributed by atoms with E-state index >= 15 is 0 Å². The molecular weight excluding hydrogens is 252 g/mol. The Labute approximate surface area is 121 Å². The van der Waals surface area contributed by atoms with E-state index in [9.17, 15) is 9.59 Å². The third kappa shape index (κ3) is 2.70. The van der Waals surface area contributed by atoms with Crippen LogP contribution in [0.3, 0.4) is 0 Å². The molecule has 0 spiro atoms. The van der Waals surface area contributed by atoms with Gasteiger partial charge in [0, 0.05) is 19.1 Å². The monoisotopic (exact) mass is 278 g/mol. The lowest BCUT2D eigenvalue weighted by Gasteiger charge is -2.26. The fourth-order valence-corrected chi connectivity index (χ4v) is 3.63. The van der Waals surface area contributed by atoms with Crippen LogP contribution in [0.2, 0.25) is 0 Å². The molecule has 4 nitrogen and oxygen atoms in total. The van der Waals surface area contributed by atoms with Crippen LogP contribution in [0.4, 0.5) is 0 Å². The summed E-state index contributed by atoms with van der Waals surface area (Å²) >= 11 is 0. The van der Waals surface area contributed by atoms with Crippen molar-refractivity contribution in [3.63, 3.8) is 0 Å². The molecule has 3 fully saturated rings. The molecule has 0 bridgehead atoms. The van der Waals surface area contributed by atoms with E-state index in [-0.39, 0.29) is 11.8 Å². The van der Waals surface area contributed by atoms with Crippen molar-refractivity contribution in [1.29, 1.82) is 0 Å². The van der Waals surface area contributed by atoms with Gasteiger partial charge in [-0.3, -0.25) is 9.59 Å². The van der Waals surface area contributed by atoms with Gasteiger partial charge in [0.25, 0.3) is 0 Å². The molecule has 20 heavy (non-hydrogen) atoms. The molecular formula is C16H26N2O2. The number of hydrogen-bond donors (Lipinski definition) is 1. The molecule has 112 valence electrons. The van der Waals surface area contributed by atoms with Crippen molar-refractivity contribution in [2.75, 3.05) is 13.1 Å². The summed E-state index contributed by atoms with van der Waals surface area (Å²) in [5.74, 6) is 0.119. The van der Waals surface area contributed by atoms with Crippen molar-refractivity contribution < 1.29 is 9.59 Å². The van der Waals surface area contributed by atoms with Gasteiger partial charge in [0.2, 0.25) is 11.8 Å². The van der Waals surface area contributed by atoms with Crippen molar-refractivity contribution in [1.82, 2.24) is 10.2 Å².